The fourth-order valence-electron chi connectivity index (χ4n) is 3.01. The number of ether oxygens (including phenoxy) is 2. The lowest BCUT2D eigenvalue weighted by Crippen LogP contribution is -2.26. The Kier molecular flexibility index (Phi) is 2.99. The van der Waals surface area contributed by atoms with Gasteiger partial charge in [0.15, 0.2) is 11.5 Å². The summed E-state index contributed by atoms with van der Waals surface area (Å²) in [6.45, 7) is 3.78. The molecule has 3 heterocycles. The number of nitrogens with zero attached hydrogens (tertiary/aromatic N) is 3. The predicted octanol–water partition coefficient (Wildman–Crippen LogP) is 1.54. The number of carbonyl (C=O) groups excluding carboxylic acids is 1. The van der Waals surface area contributed by atoms with Crippen LogP contribution in [0.1, 0.15) is 30.7 Å². The maximum Gasteiger partial charge on any atom is 0.225 e. The van der Waals surface area contributed by atoms with Gasteiger partial charge in [0.1, 0.15) is 25.4 Å². The number of hydrogen-bond donors (Lipinski definition) is 1. The quantitative estimate of drug-likeness (QED) is 0.910. The van der Waals surface area contributed by atoms with Crippen LogP contribution in [0.5, 0.6) is 11.5 Å². The molecule has 114 valence electrons. The minimum absolute atomic E-state index is 0.0279. The standard InChI is InChI=1S/C15H16N4O3/c1-2-19-15(16-8-17-19)10-6-14(20)18-11-7-13-12(5-9(10)11)21-3-4-22-13/h5,7-8,10H,2-4,6H2,1H3,(H,18,20)/t10-/m0/s1. The number of anilines is 1. The third kappa shape index (κ3) is 2.01. The van der Waals surface area contributed by atoms with E-state index in [1.54, 1.807) is 0 Å². The number of aryl methyl sites for hydroxylation is 1. The van der Waals surface area contributed by atoms with Crippen molar-refractivity contribution in [3.05, 3.63) is 29.8 Å². The average Bonchev–Trinajstić information content (AvgIpc) is 3.00. The van der Waals surface area contributed by atoms with Crippen molar-refractivity contribution in [1.82, 2.24) is 14.8 Å². The van der Waals surface area contributed by atoms with Gasteiger partial charge in [-0.15, -0.1) is 0 Å². The predicted molar refractivity (Wildman–Crippen MR) is 78.2 cm³/mol. The van der Waals surface area contributed by atoms with Crippen molar-refractivity contribution in [2.24, 2.45) is 0 Å². The molecule has 1 amide bonds. The lowest BCUT2D eigenvalue weighted by Gasteiger charge is -2.28. The van der Waals surface area contributed by atoms with E-state index in [4.69, 9.17) is 9.47 Å². The fourth-order valence-corrected chi connectivity index (χ4v) is 3.01. The van der Waals surface area contributed by atoms with Gasteiger partial charge in [-0.25, -0.2) is 9.67 Å². The number of benzene rings is 1. The summed E-state index contributed by atoms with van der Waals surface area (Å²) in [5.74, 6) is 2.04. The summed E-state index contributed by atoms with van der Waals surface area (Å²) in [4.78, 5) is 16.4. The van der Waals surface area contributed by atoms with E-state index in [0.29, 0.717) is 37.7 Å². The van der Waals surface area contributed by atoms with Gasteiger partial charge >= 0.3 is 0 Å². The van der Waals surface area contributed by atoms with Crippen molar-refractivity contribution in [2.45, 2.75) is 25.8 Å². The zero-order chi connectivity index (χ0) is 15.1. The van der Waals surface area contributed by atoms with Crippen LogP contribution in [0.15, 0.2) is 18.5 Å². The van der Waals surface area contributed by atoms with Gasteiger partial charge < -0.3 is 14.8 Å². The first-order chi connectivity index (χ1) is 10.8. The van der Waals surface area contributed by atoms with Crippen molar-refractivity contribution in [2.75, 3.05) is 18.5 Å². The Bertz CT molecular complexity index is 740. The van der Waals surface area contributed by atoms with Gasteiger partial charge in [-0.05, 0) is 18.6 Å². The Morgan fingerprint density at radius 2 is 2.09 bits per heavy atom. The molecule has 0 spiro atoms. The average molecular weight is 300 g/mol. The van der Waals surface area contributed by atoms with Crippen LogP contribution in [0, 0.1) is 0 Å². The summed E-state index contributed by atoms with van der Waals surface area (Å²) in [5, 5.41) is 7.12. The number of nitrogens with one attached hydrogen (secondary N) is 1. The summed E-state index contributed by atoms with van der Waals surface area (Å²) in [6, 6.07) is 3.78. The van der Waals surface area contributed by atoms with E-state index in [0.717, 1.165) is 17.1 Å². The van der Waals surface area contributed by atoms with Gasteiger partial charge in [-0.2, -0.15) is 5.10 Å². The molecule has 2 aromatic rings. The van der Waals surface area contributed by atoms with Gasteiger partial charge in [-0.1, -0.05) is 0 Å². The summed E-state index contributed by atoms with van der Waals surface area (Å²) in [6.07, 6.45) is 1.88. The van der Waals surface area contributed by atoms with E-state index in [9.17, 15) is 4.79 Å². The zero-order valence-corrected chi connectivity index (χ0v) is 12.2. The molecule has 2 aliphatic heterocycles. The lowest BCUT2D eigenvalue weighted by molar-refractivity contribution is -0.116. The lowest BCUT2D eigenvalue weighted by atomic mass is 9.89. The van der Waals surface area contributed by atoms with E-state index < -0.39 is 0 Å². The summed E-state index contributed by atoms with van der Waals surface area (Å²) >= 11 is 0. The molecule has 0 unspecified atom stereocenters. The highest BCUT2D eigenvalue weighted by molar-refractivity contribution is 5.95. The van der Waals surface area contributed by atoms with E-state index in [2.05, 4.69) is 15.4 Å². The summed E-state index contributed by atoms with van der Waals surface area (Å²) in [5.41, 5.74) is 1.75. The maximum atomic E-state index is 12.1. The normalized spacial score (nSPS) is 19.5. The molecule has 1 aromatic carbocycles. The van der Waals surface area contributed by atoms with Crippen LogP contribution in [-0.2, 0) is 11.3 Å². The molecule has 22 heavy (non-hydrogen) atoms. The third-order valence-electron chi connectivity index (χ3n) is 4.01. The van der Waals surface area contributed by atoms with Crippen molar-refractivity contribution in [1.29, 1.82) is 0 Å². The number of carbonyl (C=O) groups is 1. The maximum absolute atomic E-state index is 12.1. The molecule has 1 aromatic heterocycles. The Balaban J connectivity index is 1.84. The van der Waals surface area contributed by atoms with E-state index in [1.807, 2.05) is 23.7 Å². The smallest absolute Gasteiger partial charge is 0.225 e. The second kappa shape index (κ2) is 5.01. The van der Waals surface area contributed by atoms with Crippen molar-refractivity contribution in [3.63, 3.8) is 0 Å². The van der Waals surface area contributed by atoms with Crippen molar-refractivity contribution >= 4 is 11.6 Å². The molecule has 1 atom stereocenters. The monoisotopic (exact) mass is 300 g/mol. The Morgan fingerprint density at radius 3 is 2.86 bits per heavy atom. The van der Waals surface area contributed by atoms with E-state index in [-0.39, 0.29) is 11.8 Å². The fraction of sp³-hybridized carbons (Fsp3) is 0.400. The molecular formula is C15H16N4O3. The second-order valence-corrected chi connectivity index (χ2v) is 5.32. The molecule has 7 heteroatoms. The van der Waals surface area contributed by atoms with Crippen LogP contribution >= 0.6 is 0 Å². The highest BCUT2D eigenvalue weighted by Crippen LogP contribution is 2.43. The first-order valence-electron chi connectivity index (χ1n) is 7.37. The Hall–Kier alpha value is -2.57. The molecular weight excluding hydrogens is 284 g/mol. The molecule has 0 saturated heterocycles. The molecule has 2 aliphatic rings. The van der Waals surface area contributed by atoms with E-state index >= 15 is 0 Å². The minimum Gasteiger partial charge on any atom is -0.486 e. The van der Waals surface area contributed by atoms with Crippen LogP contribution in [0.2, 0.25) is 0 Å². The molecule has 4 rings (SSSR count). The number of hydrogen-bond acceptors (Lipinski definition) is 5. The SMILES string of the molecule is CCn1ncnc1[C@H]1CC(=O)Nc2cc3c(cc21)OCCO3. The zero-order valence-electron chi connectivity index (χ0n) is 12.2. The van der Waals surface area contributed by atoms with Gasteiger partial charge in [0.2, 0.25) is 5.91 Å². The van der Waals surface area contributed by atoms with Crippen LogP contribution in [0.3, 0.4) is 0 Å². The molecule has 0 bridgehead atoms. The van der Waals surface area contributed by atoms with Gasteiger partial charge in [0, 0.05) is 24.7 Å². The molecule has 0 saturated carbocycles. The van der Waals surface area contributed by atoms with E-state index in [1.165, 1.54) is 6.33 Å². The highest BCUT2D eigenvalue weighted by Gasteiger charge is 2.32. The van der Waals surface area contributed by atoms with Gasteiger partial charge in [-0.3, -0.25) is 4.79 Å². The first-order valence-corrected chi connectivity index (χ1v) is 7.37. The summed E-state index contributed by atoms with van der Waals surface area (Å²) < 4.78 is 13.1. The van der Waals surface area contributed by atoms with Crippen molar-refractivity contribution < 1.29 is 14.3 Å². The summed E-state index contributed by atoms with van der Waals surface area (Å²) in [7, 11) is 0. The number of rotatable bonds is 2. The topological polar surface area (TPSA) is 78.3 Å². The molecule has 0 aliphatic carbocycles. The van der Waals surface area contributed by atoms with Crippen molar-refractivity contribution in [3.8, 4) is 11.5 Å². The molecule has 1 N–H and O–H groups in total. The number of aromatic nitrogens is 3. The molecule has 0 fully saturated rings. The van der Waals surface area contributed by atoms with Crippen LogP contribution < -0.4 is 14.8 Å². The van der Waals surface area contributed by atoms with Crippen LogP contribution in [0.4, 0.5) is 5.69 Å². The number of amides is 1. The molecule has 7 nitrogen and oxygen atoms in total. The third-order valence-corrected chi connectivity index (χ3v) is 4.01. The largest absolute Gasteiger partial charge is 0.486 e. The number of fused-ring (bicyclic) bond motifs is 2. The first kappa shape index (κ1) is 13.1. The van der Waals surface area contributed by atoms with Crippen LogP contribution in [-0.4, -0.2) is 33.9 Å². The van der Waals surface area contributed by atoms with Crippen LogP contribution in [0.25, 0.3) is 0 Å². The minimum atomic E-state index is -0.123. The Labute approximate surface area is 127 Å². The molecule has 0 radical (unpaired) electrons. The van der Waals surface area contributed by atoms with Gasteiger partial charge in [0.05, 0.1) is 5.92 Å². The second-order valence-electron chi connectivity index (χ2n) is 5.32. The highest BCUT2D eigenvalue weighted by atomic mass is 16.6. The van der Waals surface area contributed by atoms with Gasteiger partial charge in [0.25, 0.3) is 0 Å². The Morgan fingerprint density at radius 1 is 1.32 bits per heavy atom.